The number of carbonyl (C=O) groups excluding carboxylic acids is 1. The molecule has 1 heterocycles. The molecule has 2 unspecified atom stereocenters. The number of esters is 1. The van der Waals surface area contributed by atoms with Gasteiger partial charge in [-0.2, -0.15) is 0 Å². The van der Waals surface area contributed by atoms with Crippen LogP contribution in [0.1, 0.15) is 26.2 Å². The molecule has 0 aromatic carbocycles. The number of carbonyl (C=O) groups is 1. The summed E-state index contributed by atoms with van der Waals surface area (Å²) in [5, 5.41) is 9.93. The summed E-state index contributed by atoms with van der Waals surface area (Å²) in [4.78, 5) is 13.2. The summed E-state index contributed by atoms with van der Waals surface area (Å²) in [5.74, 6) is -0.603. The number of ether oxygens (including phenoxy) is 2. The van der Waals surface area contributed by atoms with Crippen molar-refractivity contribution in [1.82, 2.24) is 4.90 Å². The third-order valence-corrected chi connectivity index (χ3v) is 2.99. The fourth-order valence-electron chi connectivity index (χ4n) is 2.17. The molecular formula is C12H23NO4. The van der Waals surface area contributed by atoms with Gasteiger partial charge >= 0.3 is 5.97 Å². The quantitative estimate of drug-likeness (QED) is 0.711. The maximum atomic E-state index is 11.3. The van der Waals surface area contributed by atoms with Crippen LogP contribution in [-0.2, 0) is 14.3 Å². The summed E-state index contributed by atoms with van der Waals surface area (Å²) in [5.41, 5.74) is -1.46. The topological polar surface area (TPSA) is 59.0 Å². The van der Waals surface area contributed by atoms with Crippen molar-refractivity contribution in [2.75, 3.05) is 33.9 Å². The van der Waals surface area contributed by atoms with Crippen LogP contribution in [-0.4, -0.2) is 61.5 Å². The standard InChI is InChI=1S/C12H23NO4/c1-12(15,11(14)16-3)9-13(2)8-10-6-4-5-7-17-10/h10,15H,4-9H2,1-3H3. The van der Waals surface area contributed by atoms with Crippen LogP contribution in [0.3, 0.4) is 0 Å². The van der Waals surface area contributed by atoms with E-state index in [0.717, 1.165) is 26.0 Å². The highest BCUT2D eigenvalue weighted by molar-refractivity contribution is 5.78. The van der Waals surface area contributed by atoms with Crippen LogP contribution in [0.2, 0.25) is 0 Å². The lowest BCUT2D eigenvalue weighted by molar-refractivity contribution is -0.162. The van der Waals surface area contributed by atoms with Gasteiger partial charge in [-0.25, -0.2) is 4.79 Å². The molecule has 1 fully saturated rings. The van der Waals surface area contributed by atoms with E-state index in [1.54, 1.807) is 0 Å². The Morgan fingerprint density at radius 2 is 2.29 bits per heavy atom. The molecule has 0 aliphatic carbocycles. The minimum absolute atomic E-state index is 0.210. The molecule has 0 bridgehead atoms. The minimum atomic E-state index is -1.46. The molecule has 5 heteroatoms. The summed E-state index contributed by atoms with van der Waals surface area (Å²) < 4.78 is 10.2. The zero-order valence-electron chi connectivity index (χ0n) is 10.9. The van der Waals surface area contributed by atoms with Crippen molar-refractivity contribution in [3.63, 3.8) is 0 Å². The summed E-state index contributed by atoms with van der Waals surface area (Å²) in [6.07, 6.45) is 3.57. The van der Waals surface area contributed by atoms with Gasteiger partial charge in [0.05, 0.1) is 13.2 Å². The lowest BCUT2D eigenvalue weighted by Crippen LogP contribution is -2.48. The van der Waals surface area contributed by atoms with Gasteiger partial charge in [0.15, 0.2) is 5.60 Å². The molecule has 5 nitrogen and oxygen atoms in total. The van der Waals surface area contributed by atoms with Crippen molar-refractivity contribution in [3.05, 3.63) is 0 Å². The van der Waals surface area contributed by atoms with Crippen molar-refractivity contribution < 1.29 is 19.4 Å². The van der Waals surface area contributed by atoms with Crippen LogP contribution in [0.5, 0.6) is 0 Å². The second-order valence-electron chi connectivity index (χ2n) is 4.95. The zero-order valence-corrected chi connectivity index (χ0v) is 10.9. The molecule has 17 heavy (non-hydrogen) atoms. The summed E-state index contributed by atoms with van der Waals surface area (Å²) >= 11 is 0. The normalized spacial score (nSPS) is 24.4. The van der Waals surface area contributed by atoms with Crippen LogP contribution >= 0.6 is 0 Å². The van der Waals surface area contributed by atoms with Crippen molar-refractivity contribution in [3.8, 4) is 0 Å². The lowest BCUT2D eigenvalue weighted by Gasteiger charge is -2.31. The number of aliphatic hydroxyl groups is 1. The molecule has 1 aliphatic heterocycles. The predicted molar refractivity (Wildman–Crippen MR) is 63.7 cm³/mol. The Morgan fingerprint density at radius 3 is 2.82 bits per heavy atom. The minimum Gasteiger partial charge on any atom is -0.467 e. The summed E-state index contributed by atoms with van der Waals surface area (Å²) in [6, 6.07) is 0. The van der Waals surface area contributed by atoms with Gasteiger partial charge in [-0.05, 0) is 33.2 Å². The molecule has 1 saturated heterocycles. The SMILES string of the molecule is COC(=O)C(C)(O)CN(C)CC1CCCCO1. The average molecular weight is 245 g/mol. The smallest absolute Gasteiger partial charge is 0.338 e. The van der Waals surface area contributed by atoms with E-state index in [9.17, 15) is 9.90 Å². The molecule has 0 aromatic rings. The highest BCUT2D eigenvalue weighted by atomic mass is 16.5. The van der Waals surface area contributed by atoms with Gasteiger partial charge in [0.1, 0.15) is 0 Å². The molecule has 0 spiro atoms. The third kappa shape index (κ3) is 4.61. The first kappa shape index (κ1) is 14.4. The van der Waals surface area contributed by atoms with Gasteiger partial charge in [0.2, 0.25) is 0 Å². The highest BCUT2D eigenvalue weighted by Gasteiger charge is 2.33. The Morgan fingerprint density at radius 1 is 1.59 bits per heavy atom. The van der Waals surface area contributed by atoms with E-state index < -0.39 is 11.6 Å². The predicted octanol–water partition coefficient (Wildman–Crippen LogP) is 0.411. The molecular weight excluding hydrogens is 222 g/mol. The second kappa shape index (κ2) is 6.33. The molecule has 0 aromatic heterocycles. The Hall–Kier alpha value is -0.650. The third-order valence-electron chi connectivity index (χ3n) is 2.99. The van der Waals surface area contributed by atoms with E-state index >= 15 is 0 Å². The number of hydrogen-bond acceptors (Lipinski definition) is 5. The number of likely N-dealkylation sites (N-methyl/N-ethyl adjacent to an activating group) is 1. The molecule has 100 valence electrons. The summed E-state index contributed by atoms with van der Waals surface area (Å²) in [6.45, 7) is 3.26. The van der Waals surface area contributed by atoms with E-state index in [4.69, 9.17) is 4.74 Å². The maximum absolute atomic E-state index is 11.3. The Kier molecular flexibility index (Phi) is 5.36. The molecule has 0 radical (unpaired) electrons. The van der Waals surface area contributed by atoms with Crippen LogP contribution < -0.4 is 0 Å². The van der Waals surface area contributed by atoms with Gasteiger partial charge in [-0.15, -0.1) is 0 Å². The van der Waals surface area contributed by atoms with E-state index in [1.807, 2.05) is 11.9 Å². The van der Waals surface area contributed by atoms with E-state index in [-0.39, 0.29) is 12.6 Å². The van der Waals surface area contributed by atoms with Crippen LogP contribution in [0, 0.1) is 0 Å². The number of hydrogen-bond donors (Lipinski definition) is 1. The van der Waals surface area contributed by atoms with Crippen molar-refractivity contribution in [2.24, 2.45) is 0 Å². The van der Waals surface area contributed by atoms with Gasteiger partial charge in [-0.1, -0.05) is 0 Å². The first-order chi connectivity index (χ1) is 7.95. The van der Waals surface area contributed by atoms with Crippen LogP contribution in [0.15, 0.2) is 0 Å². The zero-order chi connectivity index (χ0) is 12.9. The number of methoxy groups -OCH3 is 1. The van der Waals surface area contributed by atoms with E-state index in [1.165, 1.54) is 20.5 Å². The number of rotatable bonds is 5. The molecule has 0 amide bonds. The van der Waals surface area contributed by atoms with Gasteiger partial charge in [0.25, 0.3) is 0 Å². The van der Waals surface area contributed by atoms with Crippen molar-refractivity contribution in [1.29, 1.82) is 0 Å². The molecule has 1 N–H and O–H groups in total. The monoisotopic (exact) mass is 245 g/mol. The molecule has 1 aliphatic rings. The largest absolute Gasteiger partial charge is 0.467 e. The van der Waals surface area contributed by atoms with Crippen molar-refractivity contribution >= 4 is 5.97 Å². The van der Waals surface area contributed by atoms with Gasteiger partial charge in [-0.3, -0.25) is 0 Å². The molecule has 1 rings (SSSR count). The molecule has 0 saturated carbocycles. The van der Waals surface area contributed by atoms with Crippen molar-refractivity contribution in [2.45, 2.75) is 37.9 Å². The van der Waals surface area contributed by atoms with Crippen LogP contribution in [0.25, 0.3) is 0 Å². The molecule has 2 atom stereocenters. The summed E-state index contributed by atoms with van der Waals surface area (Å²) in [7, 11) is 3.15. The van der Waals surface area contributed by atoms with E-state index in [2.05, 4.69) is 4.74 Å². The highest BCUT2D eigenvalue weighted by Crippen LogP contribution is 2.15. The number of nitrogens with zero attached hydrogens (tertiary/aromatic N) is 1. The second-order valence-corrected chi connectivity index (χ2v) is 4.95. The van der Waals surface area contributed by atoms with Crippen LogP contribution in [0.4, 0.5) is 0 Å². The average Bonchev–Trinajstić information content (AvgIpc) is 2.28. The Labute approximate surface area is 103 Å². The first-order valence-corrected chi connectivity index (χ1v) is 6.06. The van der Waals surface area contributed by atoms with Gasteiger partial charge in [0, 0.05) is 19.7 Å². The Balaban J connectivity index is 2.37. The fourth-order valence-corrected chi connectivity index (χ4v) is 2.17. The fraction of sp³-hybridized carbons (Fsp3) is 0.917. The lowest BCUT2D eigenvalue weighted by atomic mass is 10.1. The van der Waals surface area contributed by atoms with Gasteiger partial charge < -0.3 is 19.5 Å². The first-order valence-electron chi connectivity index (χ1n) is 6.06. The maximum Gasteiger partial charge on any atom is 0.338 e. The Bertz CT molecular complexity index is 249. The van der Waals surface area contributed by atoms with E-state index in [0.29, 0.717) is 0 Å².